The van der Waals surface area contributed by atoms with Crippen molar-refractivity contribution in [3.05, 3.63) is 40.9 Å². The zero-order chi connectivity index (χ0) is 13.1. The molecule has 0 amide bonds. The maximum atomic E-state index is 12.4. The molecule has 1 unspecified atom stereocenters. The van der Waals surface area contributed by atoms with Crippen LogP contribution in [0.25, 0.3) is 0 Å². The molecule has 0 aliphatic rings. The first-order chi connectivity index (χ1) is 7.84. The van der Waals surface area contributed by atoms with Crippen LogP contribution < -0.4 is 5.32 Å². The molecule has 0 bridgehead atoms. The number of halogens is 4. The number of nitrogens with one attached hydrogen (secondary N) is 1. The number of hydrogen-bond acceptors (Lipinski definition) is 1. The summed E-state index contributed by atoms with van der Waals surface area (Å²) in [6.07, 6.45) is -1.81. The van der Waals surface area contributed by atoms with Gasteiger partial charge in [-0.3, -0.25) is 0 Å². The molecular formula is C12H13BrF3N. The van der Waals surface area contributed by atoms with Crippen molar-refractivity contribution in [2.45, 2.75) is 25.6 Å². The predicted octanol–water partition coefficient (Wildman–Crippen LogP) is 4.84. The van der Waals surface area contributed by atoms with E-state index in [1.807, 2.05) is 6.92 Å². The smallest absolute Gasteiger partial charge is 0.381 e. The molecule has 0 saturated carbocycles. The van der Waals surface area contributed by atoms with E-state index in [-0.39, 0.29) is 6.04 Å². The van der Waals surface area contributed by atoms with Gasteiger partial charge in [0, 0.05) is 16.2 Å². The summed E-state index contributed by atoms with van der Waals surface area (Å²) in [4.78, 5) is 0. The van der Waals surface area contributed by atoms with Crippen molar-refractivity contribution in [3.8, 4) is 0 Å². The molecule has 0 aromatic heterocycles. The van der Waals surface area contributed by atoms with Crippen molar-refractivity contribution in [1.29, 1.82) is 0 Å². The number of alkyl halides is 3. The quantitative estimate of drug-likeness (QED) is 0.785. The first-order valence-corrected chi connectivity index (χ1v) is 5.88. The molecule has 1 rings (SSSR count). The summed E-state index contributed by atoms with van der Waals surface area (Å²) >= 11 is 3.13. The zero-order valence-corrected chi connectivity index (χ0v) is 10.9. The normalized spacial score (nSPS) is 13.2. The van der Waals surface area contributed by atoms with Gasteiger partial charge in [-0.2, -0.15) is 13.2 Å². The van der Waals surface area contributed by atoms with Gasteiger partial charge in [0.1, 0.15) is 0 Å². The second-order valence-corrected chi connectivity index (χ2v) is 4.62. The van der Waals surface area contributed by atoms with Gasteiger partial charge in [-0.25, -0.2) is 0 Å². The minimum absolute atomic E-state index is 0.125. The average molecular weight is 308 g/mol. The molecule has 0 saturated heterocycles. The highest BCUT2D eigenvalue weighted by Crippen LogP contribution is 2.34. The molecule has 1 nitrogen and oxygen atoms in total. The number of rotatable bonds is 4. The molecule has 0 fully saturated rings. The molecule has 17 heavy (non-hydrogen) atoms. The Kier molecular flexibility index (Phi) is 4.62. The fraction of sp³-hybridized carbons (Fsp3) is 0.333. The molecule has 0 aliphatic carbocycles. The van der Waals surface area contributed by atoms with Crippen LogP contribution in [0.15, 0.2) is 35.3 Å². The maximum absolute atomic E-state index is 12.4. The Morgan fingerprint density at radius 1 is 1.47 bits per heavy atom. The topological polar surface area (TPSA) is 12.0 Å². The molecule has 0 heterocycles. The van der Waals surface area contributed by atoms with Gasteiger partial charge in [-0.1, -0.05) is 6.08 Å². The van der Waals surface area contributed by atoms with E-state index in [4.69, 9.17) is 0 Å². The van der Waals surface area contributed by atoms with E-state index < -0.39 is 11.7 Å². The minimum Gasteiger partial charge on any atom is -0.381 e. The predicted molar refractivity (Wildman–Crippen MR) is 67.0 cm³/mol. The van der Waals surface area contributed by atoms with E-state index in [1.54, 1.807) is 6.08 Å². The van der Waals surface area contributed by atoms with Gasteiger partial charge >= 0.3 is 6.18 Å². The molecule has 1 aromatic rings. The lowest BCUT2D eigenvalue weighted by Gasteiger charge is -2.16. The Morgan fingerprint density at radius 3 is 2.59 bits per heavy atom. The Morgan fingerprint density at radius 2 is 2.12 bits per heavy atom. The first kappa shape index (κ1) is 14.1. The van der Waals surface area contributed by atoms with Gasteiger partial charge in [-0.05, 0) is 47.5 Å². The highest BCUT2D eigenvalue weighted by atomic mass is 79.9. The van der Waals surface area contributed by atoms with Crippen LogP contribution in [0.5, 0.6) is 0 Å². The van der Waals surface area contributed by atoms with Gasteiger partial charge in [0.15, 0.2) is 0 Å². The minimum atomic E-state index is -4.31. The second kappa shape index (κ2) is 5.58. The van der Waals surface area contributed by atoms with E-state index in [1.165, 1.54) is 6.07 Å². The van der Waals surface area contributed by atoms with Crippen molar-refractivity contribution in [1.82, 2.24) is 0 Å². The molecule has 0 spiro atoms. The number of anilines is 1. The third-order valence-corrected chi connectivity index (χ3v) is 2.87. The van der Waals surface area contributed by atoms with Gasteiger partial charge < -0.3 is 5.32 Å². The van der Waals surface area contributed by atoms with Crippen LogP contribution in [0.4, 0.5) is 18.9 Å². The lowest BCUT2D eigenvalue weighted by molar-refractivity contribution is -0.137. The lowest BCUT2D eigenvalue weighted by Crippen LogP contribution is -2.14. The second-order valence-electron chi connectivity index (χ2n) is 3.76. The molecule has 1 atom stereocenters. The van der Waals surface area contributed by atoms with Crippen LogP contribution >= 0.6 is 15.9 Å². The Bertz CT molecular complexity index is 401. The molecule has 0 radical (unpaired) electrons. The van der Waals surface area contributed by atoms with Gasteiger partial charge in [-0.15, -0.1) is 6.58 Å². The standard InChI is InChI=1S/C12H13BrF3N/c1-3-4-8(2)17-11-6-5-9(7-10(11)13)12(14,15)16/h3,5-8,17H,1,4H2,2H3. The summed E-state index contributed by atoms with van der Waals surface area (Å²) in [6.45, 7) is 5.55. The van der Waals surface area contributed by atoms with Crippen LogP contribution in [0.3, 0.4) is 0 Å². The first-order valence-electron chi connectivity index (χ1n) is 5.08. The summed E-state index contributed by atoms with van der Waals surface area (Å²) < 4.78 is 37.7. The van der Waals surface area contributed by atoms with Crippen LogP contribution in [0.1, 0.15) is 18.9 Å². The summed E-state index contributed by atoms with van der Waals surface area (Å²) in [6, 6.07) is 3.68. The van der Waals surface area contributed by atoms with Gasteiger partial charge in [0.05, 0.1) is 5.56 Å². The summed E-state index contributed by atoms with van der Waals surface area (Å²) in [5.41, 5.74) is -0.0151. The van der Waals surface area contributed by atoms with E-state index >= 15 is 0 Å². The molecule has 0 aliphatic heterocycles. The monoisotopic (exact) mass is 307 g/mol. The van der Waals surface area contributed by atoms with Crippen molar-refractivity contribution in [3.63, 3.8) is 0 Å². The van der Waals surface area contributed by atoms with Gasteiger partial charge in [0.2, 0.25) is 0 Å². The van der Waals surface area contributed by atoms with E-state index in [2.05, 4.69) is 27.8 Å². The largest absolute Gasteiger partial charge is 0.416 e. The Balaban J connectivity index is 2.87. The molecule has 1 aromatic carbocycles. The number of hydrogen-bond donors (Lipinski definition) is 1. The third-order valence-electron chi connectivity index (χ3n) is 2.22. The van der Waals surface area contributed by atoms with Crippen molar-refractivity contribution < 1.29 is 13.2 Å². The van der Waals surface area contributed by atoms with E-state index in [0.717, 1.165) is 18.6 Å². The zero-order valence-electron chi connectivity index (χ0n) is 9.31. The third kappa shape index (κ3) is 4.07. The fourth-order valence-corrected chi connectivity index (χ4v) is 1.88. The average Bonchev–Trinajstić information content (AvgIpc) is 2.20. The van der Waals surface area contributed by atoms with E-state index in [9.17, 15) is 13.2 Å². The summed E-state index contributed by atoms with van der Waals surface area (Å²) in [5.74, 6) is 0. The highest BCUT2D eigenvalue weighted by molar-refractivity contribution is 9.10. The summed E-state index contributed by atoms with van der Waals surface area (Å²) in [7, 11) is 0. The Labute approximate surface area is 107 Å². The van der Waals surface area contributed by atoms with Crippen LogP contribution in [-0.4, -0.2) is 6.04 Å². The molecule has 94 valence electrons. The molecule has 5 heteroatoms. The van der Waals surface area contributed by atoms with Crippen molar-refractivity contribution >= 4 is 21.6 Å². The van der Waals surface area contributed by atoms with Gasteiger partial charge in [0.25, 0.3) is 0 Å². The van der Waals surface area contributed by atoms with Crippen molar-refractivity contribution in [2.24, 2.45) is 0 Å². The SMILES string of the molecule is C=CCC(C)Nc1ccc(C(F)(F)F)cc1Br. The highest BCUT2D eigenvalue weighted by Gasteiger charge is 2.30. The maximum Gasteiger partial charge on any atom is 0.416 e. The van der Waals surface area contributed by atoms with Crippen LogP contribution in [0.2, 0.25) is 0 Å². The fourth-order valence-electron chi connectivity index (χ4n) is 1.38. The molecular weight excluding hydrogens is 295 g/mol. The summed E-state index contributed by atoms with van der Waals surface area (Å²) in [5, 5.41) is 3.10. The number of benzene rings is 1. The van der Waals surface area contributed by atoms with E-state index in [0.29, 0.717) is 10.2 Å². The lowest BCUT2D eigenvalue weighted by atomic mass is 10.1. The van der Waals surface area contributed by atoms with Crippen LogP contribution in [-0.2, 0) is 6.18 Å². The van der Waals surface area contributed by atoms with Crippen LogP contribution in [0, 0.1) is 0 Å². The molecule has 1 N–H and O–H groups in total. The Hall–Kier alpha value is -0.970. The van der Waals surface area contributed by atoms with Crippen molar-refractivity contribution in [2.75, 3.05) is 5.32 Å².